The SMILES string of the molecule is Cc1noc(C)c1C(=O)N1CCC2(CC1)C[C@H](NC(=O)N(C)C)CO2. The first kappa shape index (κ1) is 17.7. The summed E-state index contributed by atoms with van der Waals surface area (Å²) in [6.07, 6.45) is 2.34. The van der Waals surface area contributed by atoms with Crippen LogP contribution in [0.1, 0.15) is 41.1 Å². The quantitative estimate of drug-likeness (QED) is 0.869. The monoisotopic (exact) mass is 350 g/mol. The van der Waals surface area contributed by atoms with Crippen molar-refractivity contribution >= 4 is 11.9 Å². The standard InChI is InChI=1S/C17H26N4O4/c1-11-14(12(2)25-19-11)15(22)21-7-5-17(6-8-21)9-13(10-24-17)18-16(23)20(3)4/h13H,5-10H2,1-4H3,(H,18,23)/t13-/m0/s1. The molecule has 1 spiro atoms. The zero-order valence-corrected chi connectivity index (χ0v) is 15.3. The van der Waals surface area contributed by atoms with Gasteiger partial charge in [0.05, 0.1) is 23.9 Å². The molecule has 8 heteroatoms. The third-order valence-corrected chi connectivity index (χ3v) is 5.15. The van der Waals surface area contributed by atoms with Crippen molar-refractivity contribution in [1.29, 1.82) is 0 Å². The molecule has 0 bridgehead atoms. The highest BCUT2D eigenvalue weighted by Crippen LogP contribution is 2.36. The zero-order valence-electron chi connectivity index (χ0n) is 15.3. The molecule has 8 nitrogen and oxygen atoms in total. The van der Waals surface area contributed by atoms with Crippen molar-refractivity contribution in [2.24, 2.45) is 0 Å². The maximum atomic E-state index is 12.7. The Balaban J connectivity index is 1.57. The van der Waals surface area contributed by atoms with E-state index in [-0.39, 0.29) is 23.6 Å². The lowest BCUT2D eigenvalue weighted by Crippen LogP contribution is -2.47. The fraction of sp³-hybridized carbons (Fsp3) is 0.706. The largest absolute Gasteiger partial charge is 0.373 e. The number of carbonyl (C=O) groups is 2. The van der Waals surface area contributed by atoms with E-state index in [1.807, 2.05) is 4.90 Å². The lowest BCUT2D eigenvalue weighted by molar-refractivity contribution is -0.0389. The molecule has 1 atom stereocenters. The van der Waals surface area contributed by atoms with Crippen LogP contribution in [0.4, 0.5) is 4.79 Å². The lowest BCUT2D eigenvalue weighted by atomic mass is 9.87. The van der Waals surface area contributed by atoms with Crippen molar-refractivity contribution in [3.8, 4) is 0 Å². The van der Waals surface area contributed by atoms with Crippen LogP contribution in [0.2, 0.25) is 0 Å². The summed E-state index contributed by atoms with van der Waals surface area (Å²) in [5, 5.41) is 6.85. The molecule has 1 N–H and O–H groups in total. The van der Waals surface area contributed by atoms with Crippen molar-refractivity contribution in [2.75, 3.05) is 33.8 Å². The van der Waals surface area contributed by atoms with Gasteiger partial charge < -0.3 is 24.4 Å². The number of nitrogens with one attached hydrogen (secondary N) is 1. The third-order valence-electron chi connectivity index (χ3n) is 5.15. The van der Waals surface area contributed by atoms with E-state index in [4.69, 9.17) is 9.26 Å². The third kappa shape index (κ3) is 3.49. The Labute approximate surface area is 147 Å². The number of ether oxygens (including phenoxy) is 1. The number of hydrogen-bond donors (Lipinski definition) is 1. The van der Waals surface area contributed by atoms with E-state index < -0.39 is 0 Å². The van der Waals surface area contributed by atoms with Gasteiger partial charge in [-0.1, -0.05) is 5.16 Å². The maximum absolute atomic E-state index is 12.7. The molecule has 2 fully saturated rings. The van der Waals surface area contributed by atoms with E-state index in [0.717, 1.165) is 19.3 Å². The van der Waals surface area contributed by atoms with Crippen molar-refractivity contribution in [3.63, 3.8) is 0 Å². The molecule has 0 aliphatic carbocycles. The summed E-state index contributed by atoms with van der Waals surface area (Å²) in [4.78, 5) is 27.9. The Bertz CT molecular complexity index is 642. The Morgan fingerprint density at radius 2 is 1.96 bits per heavy atom. The van der Waals surface area contributed by atoms with Crippen molar-refractivity contribution in [3.05, 3.63) is 17.0 Å². The molecule has 25 heavy (non-hydrogen) atoms. The molecule has 2 saturated heterocycles. The van der Waals surface area contributed by atoms with Crippen LogP contribution in [0.25, 0.3) is 0 Å². The van der Waals surface area contributed by atoms with Gasteiger partial charge in [-0.25, -0.2) is 4.79 Å². The average molecular weight is 350 g/mol. The maximum Gasteiger partial charge on any atom is 0.317 e. The summed E-state index contributed by atoms with van der Waals surface area (Å²) in [6, 6.07) is -0.0728. The highest BCUT2D eigenvalue weighted by molar-refractivity contribution is 5.96. The van der Waals surface area contributed by atoms with E-state index in [0.29, 0.717) is 36.7 Å². The van der Waals surface area contributed by atoms with Gasteiger partial charge in [0.1, 0.15) is 11.3 Å². The van der Waals surface area contributed by atoms with Gasteiger partial charge in [-0.2, -0.15) is 0 Å². The number of amides is 3. The van der Waals surface area contributed by atoms with Crippen LogP contribution in [0.15, 0.2) is 4.52 Å². The average Bonchev–Trinajstić information content (AvgIpc) is 3.11. The Morgan fingerprint density at radius 3 is 2.52 bits per heavy atom. The lowest BCUT2D eigenvalue weighted by Gasteiger charge is -2.38. The van der Waals surface area contributed by atoms with E-state index in [9.17, 15) is 9.59 Å². The van der Waals surface area contributed by atoms with E-state index in [2.05, 4.69) is 10.5 Å². The number of piperidine rings is 1. The minimum atomic E-state index is -0.236. The van der Waals surface area contributed by atoms with Crippen LogP contribution in [-0.2, 0) is 4.74 Å². The number of carbonyl (C=O) groups excluding carboxylic acids is 2. The van der Waals surface area contributed by atoms with Crippen LogP contribution >= 0.6 is 0 Å². The van der Waals surface area contributed by atoms with Crippen LogP contribution in [0.5, 0.6) is 0 Å². The molecule has 2 aliphatic heterocycles. The first-order valence-electron chi connectivity index (χ1n) is 8.65. The molecule has 0 radical (unpaired) electrons. The van der Waals surface area contributed by atoms with Gasteiger partial charge in [0.15, 0.2) is 0 Å². The number of hydrogen-bond acceptors (Lipinski definition) is 5. The molecule has 1 aromatic heterocycles. The Morgan fingerprint density at radius 1 is 1.28 bits per heavy atom. The summed E-state index contributed by atoms with van der Waals surface area (Å²) in [6.45, 7) is 5.34. The minimum Gasteiger partial charge on any atom is -0.373 e. The molecular weight excluding hydrogens is 324 g/mol. The number of likely N-dealkylation sites (tertiary alicyclic amines) is 1. The Kier molecular flexibility index (Phi) is 4.73. The van der Waals surface area contributed by atoms with E-state index in [1.165, 1.54) is 4.90 Å². The molecule has 3 heterocycles. The van der Waals surface area contributed by atoms with Crippen molar-refractivity contribution in [1.82, 2.24) is 20.3 Å². The summed E-state index contributed by atoms with van der Waals surface area (Å²) < 4.78 is 11.1. The molecule has 2 aliphatic rings. The predicted molar refractivity (Wildman–Crippen MR) is 90.4 cm³/mol. The number of aromatic nitrogens is 1. The topological polar surface area (TPSA) is 87.9 Å². The second-order valence-electron chi connectivity index (χ2n) is 7.23. The molecule has 0 saturated carbocycles. The van der Waals surface area contributed by atoms with Crippen LogP contribution in [0.3, 0.4) is 0 Å². The summed E-state index contributed by atoms with van der Waals surface area (Å²) >= 11 is 0. The molecule has 0 aromatic carbocycles. The molecular formula is C17H26N4O4. The fourth-order valence-corrected chi connectivity index (χ4v) is 3.65. The number of urea groups is 1. The second-order valence-corrected chi connectivity index (χ2v) is 7.23. The molecule has 3 rings (SSSR count). The van der Waals surface area contributed by atoms with Crippen LogP contribution < -0.4 is 5.32 Å². The summed E-state index contributed by atoms with van der Waals surface area (Å²) in [5.41, 5.74) is 0.963. The van der Waals surface area contributed by atoms with Crippen LogP contribution in [0, 0.1) is 13.8 Å². The molecule has 0 unspecified atom stereocenters. The van der Waals surface area contributed by atoms with Crippen molar-refractivity contribution < 1.29 is 18.8 Å². The van der Waals surface area contributed by atoms with Gasteiger partial charge in [-0.05, 0) is 33.1 Å². The van der Waals surface area contributed by atoms with Gasteiger partial charge in [-0.15, -0.1) is 0 Å². The fourth-order valence-electron chi connectivity index (χ4n) is 3.65. The molecule has 138 valence electrons. The van der Waals surface area contributed by atoms with Gasteiger partial charge in [0.2, 0.25) is 0 Å². The molecule has 1 aromatic rings. The van der Waals surface area contributed by atoms with Gasteiger partial charge in [-0.3, -0.25) is 4.79 Å². The summed E-state index contributed by atoms with van der Waals surface area (Å²) in [5.74, 6) is 0.535. The number of nitrogens with zero attached hydrogens (tertiary/aromatic N) is 3. The summed E-state index contributed by atoms with van der Waals surface area (Å²) in [7, 11) is 3.44. The normalized spacial score (nSPS) is 22.2. The first-order valence-corrected chi connectivity index (χ1v) is 8.65. The molecule has 3 amide bonds. The van der Waals surface area contributed by atoms with Crippen molar-refractivity contribution in [2.45, 2.75) is 44.8 Å². The highest BCUT2D eigenvalue weighted by atomic mass is 16.5. The van der Waals surface area contributed by atoms with Gasteiger partial charge in [0, 0.05) is 27.2 Å². The van der Waals surface area contributed by atoms with Gasteiger partial charge in [0.25, 0.3) is 5.91 Å². The van der Waals surface area contributed by atoms with E-state index >= 15 is 0 Å². The Hall–Kier alpha value is -2.09. The second kappa shape index (κ2) is 6.67. The first-order chi connectivity index (χ1) is 11.8. The van der Waals surface area contributed by atoms with E-state index in [1.54, 1.807) is 27.9 Å². The number of aryl methyl sites for hydroxylation is 2. The zero-order chi connectivity index (χ0) is 18.2. The van der Waals surface area contributed by atoms with Crippen LogP contribution in [-0.4, -0.2) is 72.3 Å². The highest BCUT2D eigenvalue weighted by Gasteiger charge is 2.44. The predicted octanol–water partition coefficient (Wildman–Crippen LogP) is 1.33. The smallest absolute Gasteiger partial charge is 0.317 e. The number of rotatable bonds is 2. The van der Waals surface area contributed by atoms with Gasteiger partial charge >= 0.3 is 6.03 Å². The minimum absolute atomic E-state index is 0.0263.